The Morgan fingerprint density at radius 2 is 1.50 bits per heavy atom. The van der Waals surface area contributed by atoms with E-state index in [4.69, 9.17) is 16.3 Å². The fourth-order valence-corrected chi connectivity index (χ4v) is 3.30. The highest BCUT2D eigenvalue weighted by atomic mass is 35.5. The lowest BCUT2D eigenvalue weighted by Gasteiger charge is -2.15. The minimum Gasteiger partial charge on any atom is -0.497 e. The standard InChI is InChI=1S/C23H16ClFN2O3/c1-30-19-12-2-14(3-13-19)20-21(26-17-8-6-16(25)7-9-17)23(29)27(22(20)28)18-10-4-15(24)5-11-18/h2-13,26H,1H3. The number of ether oxygens (including phenoxy) is 1. The molecule has 0 radical (unpaired) electrons. The van der Waals surface area contributed by atoms with E-state index in [1.165, 1.54) is 24.3 Å². The number of carbonyl (C=O) groups is 2. The van der Waals surface area contributed by atoms with Crippen molar-refractivity contribution in [1.29, 1.82) is 0 Å². The van der Waals surface area contributed by atoms with Gasteiger partial charge in [-0.3, -0.25) is 9.59 Å². The molecular formula is C23H16ClFN2O3. The van der Waals surface area contributed by atoms with E-state index in [0.29, 0.717) is 27.7 Å². The van der Waals surface area contributed by atoms with E-state index in [1.54, 1.807) is 55.6 Å². The minimum absolute atomic E-state index is 0.103. The molecule has 4 rings (SSSR count). The predicted octanol–water partition coefficient (Wildman–Crippen LogP) is 4.88. The Bertz CT molecular complexity index is 1140. The Morgan fingerprint density at radius 1 is 0.867 bits per heavy atom. The Kier molecular flexibility index (Phi) is 5.25. The predicted molar refractivity (Wildman–Crippen MR) is 114 cm³/mol. The molecule has 150 valence electrons. The van der Waals surface area contributed by atoms with Gasteiger partial charge in [-0.1, -0.05) is 23.7 Å². The molecule has 30 heavy (non-hydrogen) atoms. The maximum Gasteiger partial charge on any atom is 0.282 e. The maximum absolute atomic E-state index is 13.3. The van der Waals surface area contributed by atoms with Gasteiger partial charge in [0.2, 0.25) is 0 Å². The van der Waals surface area contributed by atoms with E-state index in [1.807, 2.05) is 0 Å². The Labute approximate surface area is 177 Å². The lowest BCUT2D eigenvalue weighted by atomic mass is 10.0. The molecule has 1 aliphatic rings. The second-order valence-electron chi connectivity index (χ2n) is 6.53. The average Bonchev–Trinajstić information content (AvgIpc) is 3.00. The highest BCUT2D eigenvalue weighted by Crippen LogP contribution is 2.34. The molecule has 0 fully saturated rings. The number of benzene rings is 3. The molecule has 3 aromatic rings. The number of methoxy groups -OCH3 is 1. The van der Waals surface area contributed by atoms with Crippen LogP contribution in [0.1, 0.15) is 5.56 Å². The number of nitrogens with zero attached hydrogens (tertiary/aromatic N) is 1. The van der Waals surface area contributed by atoms with Gasteiger partial charge < -0.3 is 10.1 Å². The number of nitrogens with one attached hydrogen (secondary N) is 1. The monoisotopic (exact) mass is 422 g/mol. The molecule has 0 aromatic heterocycles. The van der Waals surface area contributed by atoms with Crippen molar-refractivity contribution >= 4 is 40.4 Å². The van der Waals surface area contributed by atoms with Crippen molar-refractivity contribution in [2.45, 2.75) is 0 Å². The minimum atomic E-state index is -0.516. The first kappa shape index (κ1) is 19.7. The van der Waals surface area contributed by atoms with Gasteiger partial charge in [-0.15, -0.1) is 0 Å². The molecule has 0 spiro atoms. The third kappa shape index (κ3) is 3.65. The fraction of sp³-hybridized carbons (Fsp3) is 0.0435. The third-order valence-corrected chi connectivity index (χ3v) is 4.91. The molecule has 0 aliphatic carbocycles. The van der Waals surface area contributed by atoms with Crippen molar-refractivity contribution in [3.8, 4) is 5.75 Å². The highest BCUT2D eigenvalue weighted by Gasteiger charge is 2.40. The molecule has 2 amide bonds. The molecule has 5 nitrogen and oxygen atoms in total. The fourth-order valence-electron chi connectivity index (χ4n) is 3.17. The Balaban J connectivity index is 1.80. The third-order valence-electron chi connectivity index (χ3n) is 4.66. The molecule has 0 saturated carbocycles. The molecule has 0 saturated heterocycles. The average molecular weight is 423 g/mol. The van der Waals surface area contributed by atoms with Gasteiger partial charge in [-0.25, -0.2) is 9.29 Å². The van der Waals surface area contributed by atoms with Crippen LogP contribution in [0.25, 0.3) is 5.57 Å². The van der Waals surface area contributed by atoms with Gasteiger partial charge in [-0.05, 0) is 66.2 Å². The number of imide groups is 1. The summed E-state index contributed by atoms with van der Waals surface area (Å²) in [5.41, 5.74) is 1.75. The summed E-state index contributed by atoms with van der Waals surface area (Å²) in [6, 6.07) is 18.8. The van der Waals surface area contributed by atoms with Gasteiger partial charge in [0.15, 0.2) is 0 Å². The topological polar surface area (TPSA) is 58.6 Å². The molecule has 0 unspecified atom stereocenters. The van der Waals surface area contributed by atoms with Crippen molar-refractivity contribution in [2.75, 3.05) is 17.3 Å². The van der Waals surface area contributed by atoms with Gasteiger partial charge in [0.05, 0.1) is 18.4 Å². The lowest BCUT2D eigenvalue weighted by Crippen LogP contribution is -2.32. The summed E-state index contributed by atoms with van der Waals surface area (Å²) in [5, 5.41) is 3.47. The van der Waals surface area contributed by atoms with Crippen LogP contribution >= 0.6 is 11.6 Å². The molecule has 3 aromatic carbocycles. The van der Waals surface area contributed by atoms with Crippen LogP contribution in [0.4, 0.5) is 15.8 Å². The van der Waals surface area contributed by atoms with Crippen LogP contribution in [0.2, 0.25) is 5.02 Å². The van der Waals surface area contributed by atoms with E-state index < -0.39 is 17.6 Å². The van der Waals surface area contributed by atoms with Crippen molar-refractivity contribution in [1.82, 2.24) is 0 Å². The summed E-state index contributed by atoms with van der Waals surface area (Å²) in [6.07, 6.45) is 0. The summed E-state index contributed by atoms with van der Waals surface area (Å²) >= 11 is 5.94. The van der Waals surface area contributed by atoms with Crippen molar-refractivity contribution in [2.24, 2.45) is 0 Å². The van der Waals surface area contributed by atoms with Crippen LogP contribution in [0, 0.1) is 5.82 Å². The van der Waals surface area contributed by atoms with Gasteiger partial charge in [0, 0.05) is 10.7 Å². The largest absolute Gasteiger partial charge is 0.497 e. The zero-order valence-corrected chi connectivity index (χ0v) is 16.6. The van der Waals surface area contributed by atoms with Crippen molar-refractivity contribution < 1.29 is 18.7 Å². The normalized spacial score (nSPS) is 13.8. The zero-order chi connectivity index (χ0) is 21.3. The van der Waals surface area contributed by atoms with Crippen LogP contribution in [0.5, 0.6) is 5.75 Å². The smallest absolute Gasteiger partial charge is 0.282 e. The van der Waals surface area contributed by atoms with Crippen LogP contribution in [-0.4, -0.2) is 18.9 Å². The second kappa shape index (κ2) is 8.00. The SMILES string of the molecule is COc1ccc(C2=C(Nc3ccc(F)cc3)C(=O)N(c3ccc(Cl)cc3)C2=O)cc1. The van der Waals surface area contributed by atoms with E-state index >= 15 is 0 Å². The van der Waals surface area contributed by atoms with Crippen molar-refractivity contribution in [3.05, 3.63) is 94.9 Å². The van der Waals surface area contributed by atoms with E-state index in [2.05, 4.69) is 5.32 Å². The molecule has 7 heteroatoms. The number of halogens is 2. The van der Waals surface area contributed by atoms with Crippen LogP contribution in [-0.2, 0) is 9.59 Å². The van der Waals surface area contributed by atoms with Gasteiger partial charge in [-0.2, -0.15) is 0 Å². The first-order chi connectivity index (χ1) is 14.5. The molecule has 1 heterocycles. The summed E-state index contributed by atoms with van der Waals surface area (Å²) in [6.45, 7) is 0. The second-order valence-corrected chi connectivity index (χ2v) is 6.97. The number of anilines is 2. The Hall–Kier alpha value is -3.64. The Morgan fingerprint density at radius 3 is 2.10 bits per heavy atom. The van der Waals surface area contributed by atoms with E-state index in [9.17, 15) is 14.0 Å². The molecular weight excluding hydrogens is 407 g/mol. The number of amides is 2. The van der Waals surface area contributed by atoms with Crippen LogP contribution in [0.3, 0.4) is 0 Å². The lowest BCUT2D eigenvalue weighted by molar-refractivity contribution is -0.120. The van der Waals surface area contributed by atoms with Gasteiger partial charge in [0.1, 0.15) is 17.3 Å². The van der Waals surface area contributed by atoms with Crippen LogP contribution in [0.15, 0.2) is 78.5 Å². The first-order valence-corrected chi connectivity index (χ1v) is 9.41. The summed E-state index contributed by atoms with van der Waals surface area (Å²) in [4.78, 5) is 27.6. The molecule has 0 bridgehead atoms. The highest BCUT2D eigenvalue weighted by molar-refractivity contribution is 6.46. The first-order valence-electron chi connectivity index (χ1n) is 9.03. The summed E-state index contributed by atoms with van der Waals surface area (Å²) in [5.74, 6) is -0.769. The quantitative estimate of drug-likeness (QED) is 0.595. The molecule has 0 atom stereocenters. The van der Waals surface area contributed by atoms with Gasteiger partial charge in [0.25, 0.3) is 11.8 Å². The molecule has 1 aliphatic heterocycles. The van der Waals surface area contributed by atoms with Crippen LogP contribution < -0.4 is 15.0 Å². The van der Waals surface area contributed by atoms with Crippen molar-refractivity contribution in [3.63, 3.8) is 0 Å². The summed E-state index contributed by atoms with van der Waals surface area (Å²) < 4.78 is 18.4. The number of hydrogen-bond acceptors (Lipinski definition) is 4. The maximum atomic E-state index is 13.3. The zero-order valence-electron chi connectivity index (χ0n) is 15.9. The molecule has 1 N–H and O–H groups in total. The van der Waals surface area contributed by atoms with Gasteiger partial charge >= 0.3 is 0 Å². The van der Waals surface area contributed by atoms with E-state index in [0.717, 1.165) is 4.90 Å². The van der Waals surface area contributed by atoms with E-state index in [-0.39, 0.29) is 11.3 Å². The summed E-state index contributed by atoms with van der Waals surface area (Å²) in [7, 11) is 1.54. The number of hydrogen-bond donors (Lipinski definition) is 1. The number of carbonyl (C=O) groups excluding carboxylic acids is 2. The number of rotatable bonds is 5.